The van der Waals surface area contributed by atoms with Crippen LogP contribution in [0.2, 0.25) is 0 Å². The summed E-state index contributed by atoms with van der Waals surface area (Å²) in [6.07, 6.45) is 1.41. The molecule has 1 aromatic rings. The van der Waals surface area contributed by atoms with E-state index in [-0.39, 0.29) is 11.7 Å². The van der Waals surface area contributed by atoms with Gasteiger partial charge < -0.3 is 9.84 Å². The predicted octanol–water partition coefficient (Wildman–Crippen LogP) is 2.11. The molecule has 110 valence electrons. The Labute approximate surface area is 138 Å². The lowest BCUT2D eigenvalue weighted by molar-refractivity contribution is -0.139. The summed E-state index contributed by atoms with van der Waals surface area (Å²) in [5, 5.41) is 13.8. The van der Waals surface area contributed by atoms with Crippen LogP contribution in [0.5, 0.6) is 5.75 Å². The number of halogens is 1. The molecule has 9 heteroatoms. The molecule has 1 heterocycles. The van der Waals surface area contributed by atoms with Gasteiger partial charge in [0, 0.05) is 10.0 Å². The zero-order chi connectivity index (χ0) is 15.4. The molecule has 1 N–H and O–H groups in total. The number of carbonyl (C=O) groups is 2. The smallest absolute Gasteiger partial charge is 0.341 e. The second kappa shape index (κ2) is 7.01. The van der Waals surface area contributed by atoms with Gasteiger partial charge in [0.2, 0.25) is 0 Å². The fraction of sp³-hybridized carbons (Fsp3) is 0.167. The molecule has 0 unspecified atom stereocenters. The fourth-order valence-electron chi connectivity index (χ4n) is 1.47. The van der Waals surface area contributed by atoms with Crippen molar-refractivity contribution in [3.63, 3.8) is 0 Å². The summed E-state index contributed by atoms with van der Waals surface area (Å²) in [5.41, 5.74) is 0.540. The third-order valence-corrected chi connectivity index (χ3v) is 4.19. The molecule has 0 spiro atoms. The number of hydrazone groups is 1. The molecule has 0 aromatic heterocycles. The van der Waals surface area contributed by atoms with Gasteiger partial charge in [-0.15, -0.1) is 0 Å². The van der Waals surface area contributed by atoms with Gasteiger partial charge in [0.05, 0.1) is 12.0 Å². The highest BCUT2D eigenvalue weighted by Gasteiger charge is 2.26. The Morgan fingerprint density at radius 2 is 2.38 bits per heavy atom. The standard InChI is InChI=1S/C12H9BrN2O4S2/c13-8-1-2-9(19-5-11(17)18)7(3-8)4-14-15-10(16)6-21-12(15)20/h1-4H,5-6H2,(H,17,18)/b14-4+. The number of benzene rings is 1. The maximum atomic E-state index is 11.6. The van der Waals surface area contributed by atoms with Gasteiger partial charge in [0.15, 0.2) is 10.9 Å². The average molecular weight is 389 g/mol. The number of amides is 1. The van der Waals surface area contributed by atoms with Gasteiger partial charge in [0.1, 0.15) is 5.75 Å². The van der Waals surface area contributed by atoms with E-state index < -0.39 is 12.6 Å². The van der Waals surface area contributed by atoms with Gasteiger partial charge in [-0.05, 0) is 18.2 Å². The van der Waals surface area contributed by atoms with E-state index in [1.807, 2.05) is 0 Å². The summed E-state index contributed by atoms with van der Waals surface area (Å²) in [4.78, 5) is 22.1. The molecule has 0 atom stereocenters. The van der Waals surface area contributed by atoms with Crippen molar-refractivity contribution in [3.05, 3.63) is 28.2 Å². The lowest BCUT2D eigenvalue weighted by Gasteiger charge is -2.09. The number of thioether (sulfide) groups is 1. The number of carboxylic acids is 1. The molecule has 6 nitrogen and oxygen atoms in total. The lowest BCUT2D eigenvalue weighted by Crippen LogP contribution is -2.22. The van der Waals surface area contributed by atoms with Crippen LogP contribution in [-0.2, 0) is 9.59 Å². The molecule has 2 rings (SSSR count). The number of thiocarbonyl (C=S) groups is 1. The highest BCUT2D eigenvalue weighted by atomic mass is 79.9. The van der Waals surface area contributed by atoms with Gasteiger partial charge in [0.25, 0.3) is 5.91 Å². The van der Waals surface area contributed by atoms with Crippen LogP contribution in [0.25, 0.3) is 0 Å². The van der Waals surface area contributed by atoms with Gasteiger partial charge in [-0.3, -0.25) is 4.79 Å². The Hall–Kier alpha value is -1.45. The Morgan fingerprint density at radius 3 is 3.00 bits per heavy atom. The van der Waals surface area contributed by atoms with Crippen LogP contribution in [0.4, 0.5) is 0 Å². The maximum Gasteiger partial charge on any atom is 0.341 e. The number of hydrogen-bond acceptors (Lipinski definition) is 6. The van der Waals surface area contributed by atoms with Crippen molar-refractivity contribution >= 4 is 62.3 Å². The summed E-state index contributed by atoms with van der Waals surface area (Å²) in [7, 11) is 0. The van der Waals surface area contributed by atoms with Gasteiger partial charge in [-0.25, -0.2) is 4.79 Å². The summed E-state index contributed by atoms with van der Waals surface area (Å²) in [5.74, 6) is -0.635. The highest BCUT2D eigenvalue weighted by Crippen LogP contribution is 2.23. The van der Waals surface area contributed by atoms with Crippen molar-refractivity contribution in [2.24, 2.45) is 5.10 Å². The van der Waals surface area contributed by atoms with Crippen molar-refractivity contribution in [1.29, 1.82) is 0 Å². The molecule has 21 heavy (non-hydrogen) atoms. The SMILES string of the molecule is O=C(O)COc1ccc(Br)cc1/C=N/N1C(=O)CSC1=S. The van der Waals surface area contributed by atoms with Crippen LogP contribution in [0.15, 0.2) is 27.8 Å². The number of aliphatic carboxylic acids is 1. The Kier molecular flexibility index (Phi) is 5.32. The largest absolute Gasteiger partial charge is 0.481 e. The summed E-state index contributed by atoms with van der Waals surface area (Å²) in [6.45, 7) is -0.459. The second-order valence-electron chi connectivity index (χ2n) is 3.87. The van der Waals surface area contributed by atoms with Crippen molar-refractivity contribution in [1.82, 2.24) is 5.01 Å². The molecule has 1 aliphatic heterocycles. The number of ether oxygens (including phenoxy) is 1. The monoisotopic (exact) mass is 388 g/mol. The second-order valence-corrected chi connectivity index (χ2v) is 6.39. The van der Waals surface area contributed by atoms with E-state index in [9.17, 15) is 9.59 Å². The van der Waals surface area contributed by atoms with E-state index in [1.54, 1.807) is 18.2 Å². The van der Waals surface area contributed by atoms with Crippen LogP contribution in [0.3, 0.4) is 0 Å². The summed E-state index contributed by atoms with van der Waals surface area (Å²) >= 11 is 9.57. The number of nitrogens with zero attached hydrogens (tertiary/aromatic N) is 2. The first-order valence-electron chi connectivity index (χ1n) is 5.65. The van der Waals surface area contributed by atoms with Crippen LogP contribution < -0.4 is 4.74 Å². The number of hydrogen-bond donors (Lipinski definition) is 1. The molecule has 1 aliphatic rings. The first kappa shape index (κ1) is 15.9. The zero-order valence-corrected chi connectivity index (χ0v) is 13.7. The minimum atomic E-state index is -1.08. The summed E-state index contributed by atoms with van der Waals surface area (Å²) < 4.78 is 6.33. The molecule has 1 fully saturated rings. The molecule has 1 saturated heterocycles. The molecular weight excluding hydrogens is 380 g/mol. The van der Waals surface area contributed by atoms with E-state index in [4.69, 9.17) is 22.1 Å². The maximum absolute atomic E-state index is 11.6. The normalized spacial score (nSPS) is 15.0. The zero-order valence-electron chi connectivity index (χ0n) is 10.5. The molecule has 0 aliphatic carbocycles. The molecule has 0 radical (unpaired) electrons. The molecule has 1 amide bonds. The minimum Gasteiger partial charge on any atom is -0.481 e. The van der Waals surface area contributed by atoms with Gasteiger partial charge in [-0.2, -0.15) is 10.1 Å². The molecule has 0 bridgehead atoms. The first-order chi connectivity index (χ1) is 9.97. The fourth-order valence-corrected chi connectivity index (χ4v) is 2.82. The van der Waals surface area contributed by atoms with Crippen LogP contribution in [-0.4, -0.2) is 44.9 Å². The van der Waals surface area contributed by atoms with Gasteiger partial charge in [-0.1, -0.05) is 39.9 Å². The summed E-state index contributed by atoms with van der Waals surface area (Å²) in [6, 6.07) is 5.04. The van der Waals surface area contributed by atoms with Crippen LogP contribution >= 0.6 is 39.9 Å². The van der Waals surface area contributed by atoms with E-state index in [1.165, 1.54) is 18.0 Å². The van der Waals surface area contributed by atoms with E-state index in [0.29, 0.717) is 15.6 Å². The van der Waals surface area contributed by atoms with Crippen molar-refractivity contribution < 1.29 is 19.4 Å². The third-order valence-electron chi connectivity index (χ3n) is 2.36. The van der Waals surface area contributed by atoms with E-state index >= 15 is 0 Å². The lowest BCUT2D eigenvalue weighted by atomic mass is 10.2. The minimum absolute atomic E-state index is 0.191. The Balaban J connectivity index is 2.21. The molecular formula is C12H9BrN2O4S2. The molecule has 0 saturated carbocycles. The van der Waals surface area contributed by atoms with E-state index in [0.717, 1.165) is 9.48 Å². The van der Waals surface area contributed by atoms with Crippen molar-refractivity contribution in [3.8, 4) is 5.75 Å². The van der Waals surface area contributed by atoms with Crippen molar-refractivity contribution in [2.45, 2.75) is 0 Å². The van der Waals surface area contributed by atoms with Crippen molar-refractivity contribution in [2.75, 3.05) is 12.4 Å². The Morgan fingerprint density at radius 1 is 1.62 bits per heavy atom. The van der Waals surface area contributed by atoms with E-state index in [2.05, 4.69) is 21.0 Å². The number of carboxylic acid groups (broad SMARTS) is 1. The highest BCUT2D eigenvalue weighted by molar-refractivity contribution is 9.10. The third kappa shape index (κ3) is 4.26. The van der Waals surface area contributed by atoms with Gasteiger partial charge >= 0.3 is 5.97 Å². The molecule has 1 aromatic carbocycles. The first-order valence-corrected chi connectivity index (χ1v) is 7.84. The van der Waals surface area contributed by atoms with Crippen LogP contribution in [0, 0.1) is 0 Å². The quantitative estimate of drug-likeness (QED) is 0.614. The number of rotatable bonds is 5. The van der Waals surface area contributed by atoms with Crippen LogP contribution in [0.1, 0.15) is 5.56 Å². The number of carbonyl (C=O) groups excluding carboxylic acids is 1. The Bertz CT molecular complexity index is 620. The average Bonchev–Trinajstić information content (AvgIpc) is 2.74. The topological polar surface area (TPSA) is 79.2 Å². The predicted molar refractivity (Wildman–Crippen MR) is 86.8 cm³/mol.